The minimum atomic E-state index is -0.494. The number of nitro benzene ring substituents is 1. The number of carbonyl (C=O) groups is 1. The molecule has 1 amide bonds. The van der Waals surface area contributed by atoms with Crippen LogP contribution in [0, 0.1) is 10.1 Å². The monoisotopic (exact) mass is 407 g/mol. The second kappa shape index (κ2) is 9.97. The van der Waals surface area contributed by atoms with E-state index in [1.165, 1.54) is 18.3 Å². The first kappa shape index (κ1) is 20.7. The molecule has 2 N–H and O–H groups in total. The van der Waals surface area contributed by atoms with Gasteiger partial charge >= 0.3 is 0 Å². The van der Waals surface area contributed by atoms with Crippen molar-refractivity contribution in [3.63, 3.8) is 0 Å². The van der Waals surface area contributed by atoms with Gasteiger partial charge < -0.3 is 4.74 Å². The number of rotatable bonds is 9. The van der Waals surface area contributed by atoms with Gasteiger partial charge in [-0.25, -0.2) is 5.43 Å². The van der Waals surface area contributed by atoms with Crippen molar-refractivity contribution in [1.29, 1.82) is 0 Å². The van der Waals surface area contributed by atoms with E-state index in [1.54, 1.807) is 18.2 Å². The van der Waals surface area contributed by atoms with Gasteiger partial charge in [0.1, 0.15) is 11.4 Å². The number of ether oxygens (including phenoxy) is 1. The van der Waals surface area contributed by atoms with Gasteiger partial charge in [0.05, 0.1) is 23.4 Å². The fourth-order valence-electron chi connectivity index (χ4n) is 2.65. The molecule has 0 spiro atoms. The second-order valence-corrected chi connectivity index (χ2v) is 6.42. The standard InChI is InChI=1S/C21H21N5O4/c1-2-3-11-30-20-10-5-4-9-17(20)18-13-19(24-23-18)21(27)25-22-14-15-7-6-8-16(12-15)26(28)29/h4-10,12-14H,2-3,11H2,1H3,(H,23,24)(H,25,27)/b22-14-. The number of unbranched alkanes of at least 4 members (excludes halogenated alkanes) is 1. The van der Waals surface area contributed by atoms with Gasteiger partial charge in [-0.3, -0.25) is 20.0 Å². The lowest BCUT2D eigenvalue weighted by atomic mass is 10.1. The van der Waals surface area contributed by atoms with E-state index in [2.05, 4.69) is 27.6 Å². The van der Waals surface area contributed by atoms with Gasteiger partial charge in [0.2, 0.25) is 0 Å². The zero-order valence-electron chi connectivity index (χ0n) is 16.4. The van der Waals surface area contributed by atoms with Gasteiger partial charge in [0.15, 0.2) is 0 Å². The molecule has 0 bridgehead atoms. The number of H-pyrrole nitrogens is 1. The maximum atomic E-state index is 12.3. The molecular formula is C21H21N5O4. The SMILES string of the molecule is CCCCOc1ccccc1-c1cc(C(=O)N/N=C\c2cccc([N+](=O)[O-])c2)[nH]n1. The van der Waals surface area contributed by atoms with Crippen molar-refractivity contribution in [3.8, 4) is 17.0 Å². The summed E-state index contributed by atoms with van der Waals surface area (Å²) in [7, 11) is 0. The van der Waals surface area contributed by atoms with Crippen LogP contribution in [0.2, 0.25) is 0 Å². The molecule has 9 nitrogen and oxygen atoms in total. The Morgan fingerprint density at radius 2 is 2.10 bits per heavy atom. The van der Waals surface area contributed by atoms with Crippen LogP contribution in [-0.4, -0.2) is 33.8 Å². The third kappa shape index (κ3) is 5.28. The van der Waals surface area contributed by atoms with Gasteiger partial charge in [0, 0.05) is 23.3 Å². The molecule has 2 aromatic carbocycles. The van der Waals surface area contributed by atoms with E-state index >= 15 is 0 Å². The number of nitro groups is 1. The summed E-state index contributed by atoms with van der Waals surface area (Å²) >= 11 is 0. The number of benzene rings is 2. The van der Waals surface area contributed by atoms with Crippen molar-refractivity contribution in [1.82, 2.24) is 15.6 Å². The second-order valence-electron chi connectivity index (χ2n) is 6.42. The number of hydrazone groups is 1. The first-order valence-corrected chi connectivity index (χ1v) is 9.44. The molecule has 1 aromatic heterocycles. The normalized spacial score (nSPS) is 10.8. The van der Waals surface area contributed by atoms with Crippen molar-refractivity contribution in [2.45, 2.75) is 19.8 Å². The van der Waals surface area contributed by atoms with Gasteiger partial charge in [-0.15, -0.1) is 0 Å². The van der Waals surface area contributed by atoms with E-state index in [4.69, 9.17) is 4.74 Å². The maximum absolute atomic E-state index is 12.3. The summed E-state index contributed by atoms with van der Waals surface area (Å²) in [6, 6.07) is 15.0. The Balaban J connectivity index is 1.67. The summed E-state index contributed by atoms with van der Waals surface area (Å²) in [6.45, 7) is 2.70. The third-order valence-electron chi connectivity index (χ3n) is 4.20. The van der Waals surface area contributed by atoms with Crippen molar-refractivity contribution < 1.29 is 14.5 Å². The van der Waals surface area contributed by atoms with E-state index in [9.17, 15) is 14.9 Å². The summed E-state index contributed by atoms with van der Waals surface area (Å²) in [5.41, 5.74) is 4.40. The summed E-state index contributed by atoms with van der Waals surface area (Å²) < 4.78 is 5.82. The number of nitrogens with zero attached hydrogens (tertiary/aromatic N) is 3. The molecule has 0 atom stereocenters. The Kier molecular flexibility index (Phi) is 6.88. The largest absolute Gasteiger partial charge is 0.493 e. The number of carbonyl (C=O) groups excluding carboxylic acids is 1. The Labute approximate surface area is 172 Å². The zero-order chi connectivity index (χ0) is 21.3. The Bertz CT molecular complexity index is 1060. The molecule has 9 heteroatoms. The van der Waals surface area contributed by atoms with E-state index < -0.39 is 10.8 Å². The number of aromatic amines is 1. The molecule has 30 heavy (non-hydrogen) atoms. The fraction of sp³-hybridized carbons (Fsp3) is 0.190. The zero-order valence-corrected chi connectivity index (χ0v) is 16.4. The Hall–Kier alpha value is -4.01. The number of aromatic nitrogens is 2. The molecule has 154 valence electrons. The van der Waals surface area contributed by atoms with Crippen LogP contribution in [0.1, 0.15) is 35.8 Å². The summed E-state index contributed by atoms with van der Waals surface area (Å²) in [6.07, 6.45) is 3.32. The minimum absolute atomic E-state index is 0.0525. The van der Waals surface area contributed by atoms with Crippen LogP contribution in [0.15, 0.2) is 59.7 Å². The summed E-state index contributed by atoms with van der Waals surface area (Å²) in [5.74, 6) is 0.216. The molecule has 1 heterocycles. The highest BCUT2D eigenvalue weighted by atomic mass is 16.6. The molecule has 0 unspecified atom stereocenters. The van der Waals surface area contributed by atoms with Gasteiger partial charge in [0.25, 0.3) is 11.6 Å². The summed E-state index contributed by atoms with van der Waals surface area (Å²) in [5, 5.41) is 21.5. The van der Waals surface area contributed by atoms with Crippen molar-refractivity contribution in [2.24, 2.45) is 5.10 Å². The van der Waals surface area contributed by atoms with E-state index in [0.717, 1.165) is 18.4 Å². The first-order valence-electron chi connectivity index (χ1n) is 9.44. The van der Waals surface area contributed by atoms with Crippen LogP contribution in [0.5, 0.6) is 5.75 Å². The number of nitrogens with one attached hydrogen (secondary N) is 2. The van der Waals surface area contributed by atoms with Gasteiger partial charge in [-0.2, -0.15) is 10.2 Å². The van der Waals surface area contributed by atoms with Crippen LogP contribution in [0.3, 0.4) is 0 Å². The van der Waals surface area contributed by atoms with Crippen LogP contribution >= 0.6 is 0 Å². The molecule has 0 saturated heterocycles. The predicted molar refractivity (Wildman–Crippen MR) is 113 cm³/mol. The van der Waals surface area contributed by atoms with Crippen LogP contribution < -0.4 is 10.2 Å². The third-order valence-corrected chi connectivity index (χ3v) is 4.20. The quantitative estimate of drug-likeness (QED) is 0.241. The van der Waals surface area contributed by atoms with Crippen molar-refractivity contribution in [3.05, 3.63) is 76.0 Å². The molecule has 3 aromatic rings. The van der Waals surface area contributed by atoms with Gasteiger partial charge in [-0.1, -0.05) is 37.6 Å². The lowest BCUT2D eigenvalue weighted by molar-refractivity contribution is -0.384. The molecule has 0 fully saturated rings. The van der Waals surface area contributed by atoms with Crippen LogP contribution in [0.4, 0.5) is 5.69 Å². The highest BCUT2D eigenvalue weighted by Crippen LogP contribution is 2.28. The average molecular weight is 407 g/mol. The first-order chi connectivity index (χ1) is 14.6. The Morgan fingerprint density at radius 3 is 2.90 bits per heavy atom. The smallest absolute Gasteiger partial charge is 0.289 e. The molecule has 0 aliphatic carbocycles. The van der Waals surface area contributed by atoms with E-state index in [-0.39, 0.29) is 11.4 Å². The number of non-ortho nitro benzene ring substituents is 1. The van der Waals surface area contributed by atoms with E-state index in [1.807, 2.05) is 24.3 Å². The number of hydrogen-bond donors (Lipinski definition) is 2. The lowest BCUT2D eigenvalue weighted by Gasteiger charge is -2.09. The molecule has 0 saturated carbocycles. The molecule has 3 rings (SSSR count). The lowest BCUT2D eigenvalue weighted by Crippen LogP contribution is -2.18. The Morgan fingerprint density at radius 1 is 1.27 bits per heavy atom. The highest BCUT2D eigenvalue weighted by molar-refractivity contribution is 5.94. The molecule has 0 radical (unpaired) electrons. The minimum Gasteiger partial charge on any atom is -0.493 e. The van der Waals surface area contributed by atoms with Gasteiger partial charge in [-0.05, 0) is 24.6 Å². The summed E-state index contributed by atoms with van der Waals surface area (Å²) in [4.78, 5) is 22.6. The topological polar surface area (TPSA) is 123 Å². The van der Waals surface area contributed by atoms with Crippen molar-refractivity contribution >= 4 is 17.8 Å². The van der Waals surface area contributed by atoms with E-state index in [0.29, 0.717) is 23.6 Å². The van der Waals surface area contributed by atoms with Crippen LogP contribution in [0.25, 0.3) is 11.3 Å². The maximum Gasteiger partial charge on any atom is 0.289 e. The average Bonchev–Trinajstić information content (AvgIpc) is 3.25. The number of para-hydroxylation sites is 1. The molecule has 0 aliphatic heterocycles. The molecule has 0 aliphatic rings. The highest BCUT2D eigenvalue weighted by Gasteiger charge is 2.13. The predicted octanol–water partition coefficient (Wildman–Crippen LogP) is 3.93. The number of hydrogen-bond acceptors (Lipinski definition) is 6. The van der Waals surface area contributed by atoms with Crippen LogP contribution in [-0.2, 0) is 0 Å². The fourth-order valence-corrected chi connectivity index (χ4v) is 2.65. The molecular weight excluding hydrogens is 386 g/mol. The number of amides is 1. The van der Waals surface area contributed by atoms with Crippen molar-refractivity contribution in [2.75, 3.05) is 6.61 Å².